The van der Waals surface area contributed by atoms with E-state index in [0.717, 1.165) is 12.8 Å². The summed E-state index contributed by atoms with van der Waals surface area (Å²) in [4.78, 5) is 36.7. The lowest BCUT2D eigenvalue weighted by Crippen LogP contribution is -2.49. The maximum Gasteiger partial charge on any atom is 0.240 e. The van der Waals surface area contributed by atoms with Crippen LogP contribution >= 0.6 is 22.6 Å². The van der Waals surface area contributed by atoms with Crippen molar-refractivity contribution in [3.63, 3.8) is 0 Å². The molecule has 1 amide bonds. The average molecular weight is 364 g/mol. The monoisotopic (exact) mass is 364 g/mol. The number of hydrogen-bond donors (Lipinski definition) is 1. The molecule has 0 bridgehead atoms. The minimum Gasteiger partial charge on any atom is -0.330 e. The Kier molecular flexibility index (Phi) is 4.37. The summed E-state index contributed by atoms with van der Waals surface area (Å²) in [5.74, 6) is 0.0551. The van der Waals surface area contributed by atoms with E-state index in [1.807, 2.05) is 0 Å². The number of likely N-dealkylation sites (tertiary alicyclic amines) is 1. The molecular weight excluding hydrogens is 347 g/mol. The van der Waals surface area contributed by atoms with Gasteiger partial charge in [-0.15, -0.1) is 0 Å². The van der Waals surface area contributed by atoms with E-state index in [9.17, 15) is 14.4 Å². The molecule has 0 aliphatic carbocycles. The van der Waals surface area contributed by atoms with Crippen LogP contribution in [-0.2, 0) is 14.4 Å². The first kappa shape index (κ1) is 13.9. The number of halogens is 1. The fourth-order valence-electron chi connectivity index (χ4n) is 2.72. The Morgan fingerprint density at radius 3 is 2.39 bits per heavy atom. The highest BCUT2D eigenvalue weighted by Crippen LogP contribution is 2.24. The second-order valence-electron chi connectivity index (χ2n) is 4.95. The number of nitrogens with zero attached hydrogens (tertiary/aromatic N) is 1. The smallest absolute Gasteiger partial charge is 0.240 e. The first-order valence-electron chi connectivity index (χ1n) is 6.27. The average Bonchev–Trinajstić information content (AvgIpc) is 2.97. The minimum absolute atomic E-state index is 0.0220. The molecule has 2 heterocycles. The quantitative estimate of drug-likeness (QED) is 0.590. The molecule has 100 valence electrons. The molecule has 2 aliphatic heterocycles. The Morgan fingerprint density at radius 2 is 1.83 bits per heavy atom. The van der Waals surface area contributed by atoms with E-state index < -0.39 is 0 Å². The SMILES string of the molecule is CC(=O)[C@H]1CC[C@@H](C(=O)N2CCC[C@@H]2C(=O)I)N1. The Labute approximate surface area is 120 Å². The van der Waals surface area contributed by atoms with Crippen molar-refractivity contribution in [1.29, 1.82) is 0 Å². The van der Waals surface area contributed by atoms with Crippen LogP contribution in [0.4, 0.5) is 0 Å². The van der Waals surface area contributed by atoms with Crippen molar-refractivity contribution in [3.8, 4) is 0 Å². The largest absolute Gasteiger partial charge is 0.330 e. The summed E-state index contributed by atoms with van der Waals surface area (Å²) in [6.45, 7) is 2.19. The molecule has 5 nitrogen and oxygen atoms in total. The molecule has 0 unspecified atom stereocenters. The number of nitrogens with one attached hydrogen (secondary N) is 1. The lowest BCUT2D eigenvalue weighted by molar-refractivity contribution is -0.136. The zero-order chi connectivity index (χ0) is 13.3. The van der Waals surface area contributed by atoms with Crippen molar-refractivity contribution in [2.75, 3.05) is 6.54 Å². The third-order valence-corrected chi connectivity index (χ3v) is 4.45. The summed E-state index contributed by atoms with van der Waals surface area (Å²) in [5.41, 5.74) is 0. The van der Waals surface area contributed by atoms with Crippen LogP contribution in [-0.4, -0.2) is 45.1 Å². The van der Waals surface area contributed by atoms with E-state index in [4.69, 9.17) is 0 Å². The van der Waals surface area contributed by atoms with Crippen LogP contribution in [0.2, 0.25) is 0 Å². The van der Waals surface area contributed by atoms with Crippen molar-refractivity contribution < 1.29 is 14.4 Å². The van der Waals surface area contributed by atoms with Gasteiger partial charge in [0.2, 0.25) is 9.70 Å². The summed E-state index contributed by atoms with van der Waals surface area (Å²) >= 11 is 1.76. The first-order valence-corrected chi connectivity index (χ1v) is 7.35. The Balaban J connectivity index is 2.00. The van der Waals surface area contributed by atoms with Crippen molar-refractivity contribution in [2.45, 2.75) is 50.7 Å². The fraction of sp³-hybridized carbons (Fsp3) is 0.750. The summed E-state index contributed by atoms with van der Waals surface area (Å²) in [7, 11) is 0. The predicted molar refractivity (Wildman–Crippen MR) is 74.4 cm³/mol. The molecule has 18 heavy (non-hydrogen) atoms. The molecule has 2 aliphatic rings. The molecular formula is C12H17IN2O3. The summed E-state index contributed by atoms with van der Waals surface area (Å²) in [6, 6.07) is -0.762. The Morgan fingerprint density at radius 1 is 1.17 bits per heavy atom. The van der Waals surface area contributed by atoms with Crippen molar-refractivity contribution in [3.05, 3.63) is 0 Å². The predicted octanol–water partition coefficient (Wildman–Crippen LogP) is 0.649. The van der Waals surface area contributed by atoms with E-state index in [1.54, 1.807) is 27.5 Å². The molecule has 0 aromatic rings. The van der Waals surface area contributed by atoms with Crippen LogP contribution in [0.5, 0.6) is 0 Å². The van der Waals surface area contributed by atoms with E-state index in [2.05, 4.69) is 5.32 Å². The molecule has 0 aromatic carbocycles. The normalized spacial score (nSPS) is 31.7. The first-order chi connectivity index (χ1) is 8.50. The zero-order valence-corrected chi connectivity index (χ0v) is 12.5. The molecule has 0 radical (unpaired) electrons. The van der Waals surface area contributed by atoms with Crippen LogP contribution in [0.25, 0.3) is 0 Å². The van der Waals surface area contributed by atoms with Gasteiger partial charge >= 0.3 is 0 Å². The minimum atomic E-state index is -0.296. The summed E-state index contributed by atoms with van der Waals surface area (Å²) < 4.78 is 0.0274. The Hall–Kier alpha value is -0.500. The number of rotatable bonds is 3. The standard InChI is InChI=1S/C12H17IN2O3/c1-7(16)8-4-5-9(14-8)12(18)15-6-2-3-10(15)11(13)17/h8-10,14H,2-6H2,1H3/t8-,9+,10-/m1/s1. The van der Waals surface area contributed by atoms with Gasteiger partial charge in [-0.05, 0) is 32.6 Å². The maximum atomic E-state index is 12.3. The van der Waals surface area contributed by atoms with Crippen LogP contribution in [0.3, 0.4) is 0 Å². The van der Waals surface area contributed by atoms with Gasteiger partial charge in [-0.3, -0.25) is 19.7 Å². The number of carbonyl (C=O) groups is 3. The highest BCUT2D eigenvalue weighted by molar-refractivity contribution is 14.1. The van der Waals surface area contributed by atoms with E-state index in [0.29, 0.717) is 19.4 Å². The number of amides is 1. The second kappa shape index (κ2) is 5.64. The molecule has 2 fully saturated rings. The van der Waals surface area contributed by atoms with Crippen LogP contribution in [0.1, 0.15) is 32.6 Å². The van der Waals surface area contributed by atoms with Crippen molar-refractivity contribution in [2.24, 2.45) is 0 Å². The van der Waals surface area contributed by atoms with E-state index in [1.165, 1.54) is 6.92 Å². The third kappa shape index (κ3) is 2.74. The van der Waals surface area contributed by atoms with Crippen LogP contribution in [0, 0.1) is 0 Å². The van der Waals surface area contributed by atoms with Crippen LogP contribution in [0.15, 0.2) is 0 Å². The lowest BCUT2D eigenvalue weighted by atomic mass is 10.1. The fourth-order valence-corrected chi connectivity index (χ4v) is 3.37. The van der Waals surface area contributed by atoms with Crippen molar-refractivity contribution in [1.82, 2.24) is 10.2 Å². The highest BCUT2D eigenvalue weighted by Gasteiger charge is 2.39. The third-order valence-electron chi connectivity index (χ3n) is 3.73. The maximum absolute atomic E-state index is 12.3. The van der Waals surface area contributed by atoms with Gasteiger partial charge in [0, 0.05) is 29.1 Å². The van der Waals surface area contributed by atoms with Gasteiger partial charge in [0.15, 0.2) is 0 Å². The topological polar surface area (TPSA) is 66.5 Å². The summed E-state index contributed by atoms with van der Waals surface area (Å²) in [5, 5.41) is 3.07. The highest BCUT2D eigenvalue weighted by atomic mass is 127. The molecule has 0 saturated carbocycles. The number of carbonyl (C=O) groups excluding carboxylic acids is 3. The van der Waals surface area contributed by atoms with Gasteiger partial charge in [-0.2, -0.15) is 0 Å². The molecule has 6 heteroatoms. The van der Waals surface area contributed by atoms with Gasteiger partial charge < -0.3 is 4.90 Å². The van der Waals surface area contributed by atoms with Crippen LogP contribution < -0.4 is 5.32 Å². The number of hydrogen-bond acceptors (Lipinski definition) is 4. The zero-order valence-electron chi connectivity index (χ0n) is 10.3. The van der Waals surface area contributed by atoms with Gasteiger partial charge in [-0.25, -0.2) is 0 Å². The molecule has 2 rings (SSSR count). The van der Waals surface area contributed by atoms with Gasteiger partial charge in [0.25, 0.3) is 0 Å². The number of Topliss-reactive ketones (excluding diaryl/α,β-unsaturated/α-hetero) is 1. The van der Waals surface area contributed by atoms with E-state index in [-0.39, 0.29) is 33.6 Å². The van der Waals surface area contributed by atoms with Gasteiger partial charge in [0.05, 0.1) is 12.1 Å². The molecule has 1 N–H and O–H groups in total. The second-order valence-corrected chi connectivity index (χ2v) is 6.02. The molecule has 0 aromatic heterocycles. The lowest BCUT2D eigenvalue weighted by Gasteiger charge is -2.25. The number of ketones is 1. The van der Waals surface area contributed by atoms with E-state index >= 15 is 0 Å². The molecule has 0 spiro atoms. The van der Waals surface area contributed by atoms with Gasteiger partial charge in [-0.1, -0.05) is 0 Å². The van der Waals surface area contributed by atoms with Crippen molar-refractivity contribution >= 4 is 38.1 Å². The Bertz CT molecular complexity index is 386. The van der Waals surface area contributed by atoms with Gasteiger partial charge in [0.1, 0.15) is 11.8 Å². The summed E-state index contributed by atoms with van der Waals surface area (Å²) in [6.07, 6.45) is 3.04. The molecule has 3 atom stereocenters. The molecule has 2 saturated heterocycles.